The fraction of sp³-hybridized carbons (Fsp3) is 0.647. The smallest absolute Gasteiger partial charge is 0.124 e. The highest BCUT2D eigenvalue weighted by molar-refractivity contribution is 5.35. The minimum Gasteiger partial charge on any atom is -0.490 e. The zero-order chi connectivity index (χ0) is 14.2. The Labute approximate surface area is 122 Å². The van der Waals surface area contributed by atoms with Gasteiger partial charge in [0.25, 0.3) is 0 Å². The summed E-state index contributed by atoms with van der Waals surface area (Å²) in [4.78, 5) is 0. The maximum Gasteiger partial charge on any atom is 0.124 e. The van der Waals surface area contributed by atoms with Gasteiger partial charge in [-0.05, 0) is 51.6 Å². The lowest BCUT2D eigenvalue weighted by Gasteiger charge is -2.21. The third kappa shape index (κ3) is 4.50. The van der Waals surface area contributed by atoms with Crippen molar-refractivity contribution in [3.63, 3.8) is 0 Å². The van der Waals surface area contributed by atoms with Crippen LogP contribution in [0, 0.1) is 0 Å². The standard InChI is InChI=1S/C17H27NO2/c1-14(18-12-7-13-19-2)16-10-5-6-11-17(16)20-15-8-3-4-9-15/h5-6,10-11,14-15,18H,3-4,7-9,12-13H2,1-2H3/t14-/m1/s1. The van der Waals surface area contributed by atoms with Gasteiger partial charge in [0.1, 0.15) is 5.75 Å². The summed E-state index contributed by atoms with van der Waals surface area (Å²) >= 11 is 0. The second kappa shape index (κ2) is 8.28. The minimum absolute atomic E-state index is 0.310. The van der Waals surface area contributed by atoms with Gasteiger partial charge < -0.3 is 14.8 Å². The first-order valence-corrected chi connectivity index (χ1v) is 7.79. The van der Waals surface area contributed by atoms with Crippen molar-refractivity contribution in [3.8, 4) is 5.75 Å². The molecule has 1 atom stereocenters. The minimum atomic E-state index is 0.310. The fourth-order valence-corrected chi connectivity index (χ4v) is 2.78. The molecule has 1 fully saturated rings. The van der Waals surface area contributed by atoms with Gasteiger partial charge in [-0.15, -0.1) is 0 Å². The Morgan fingerprint density at radius 2 is 2.00 bits per heavy atom. The van der Waals surface area contributed by atoms with Crippen LogP contribution in [0.3, 0.4) is 0 Å². The largest absolute Gasteiger partial charge is 0.490 e. The lowest BCUT2D eigenvalue weighted by Crippen LogP contribution is -2.22. The normalized spacial score (nSPS) is 17.3. The van der Waals surface area contributed by atoms with Crippen LogP contribution >= 0.6 is 0 Å². The van der Waals surface area contributed by atoms with E-state index < -0.39 is 0 Å². The molecular weight excluding hydrogens is 250 g/mol. The van der Waals surface area contributed by atoms with Gasteiger partial charge in [-0.3, -0.25) is 0 Å². The first-order valence-electron chi connectivity index (χ1n) is 7.79. The first-order chi connectivity index (χ1) is 9.81. The van der Waals surface area contributed by atoms with Crippen LogP contribution in [-0.2, 0) is 4.74 Å². The van der Waals surface area contributed by atoms with Crippen LogP contribution in [0.1, 0.15) is 50.6 Å². The van der Waals surface area contributed by atoms with E-state index in [1.165, 1.54) is 31.2 Å². The SMILES string of the molecule is COCCCN[C@H](C)c1ccccc1OC1CCCC1. The number of para-hydroxylation sites is 1. The molecule has 1 aliphatic rings. The van der Waals surface area contributed by atoms with E-state index >= 15 is 0 Å². The average Bonchev–Trinajstić information content (AvgIpc) is 2.97. The molecule has 3 nitrogen and oxygen atoms in total. The molecule has 112 valence electrons. The van der Waals surface area contributed by atoms with Crippen molar-refractivity contribution in [2.24, 2.45) is 0 Å². The molecule has 0 radical (unpaired) electrons. The van der Waals surface area contributed by atoms with E-state index in [4.69, 9.17) is 9.47 Å². The number of hydrogen-bond acceptors (Lipinski definition) is 3. The maximum absolute atomic E-state index is 6.19. The number of methoxy groups -OCH3 is 1. The molecular formula is C17H27NO2. The van der Waals surface area contributed by atoms with Crippen molar-refractivity contribution >= 4 is 0 Å². The summed E-state index contributed by atoms with van der Waals surface area (Å²) in [5, 5.41) is 3.54. The monoisotopic (exact) mass is 277 g/mol. The Hall–Kier alpha value is -1.06. The van der Waals surface area contributed by atoms with E-state index in [9.17, 15) is 0 Å². The van der Waals surface area contributed by atoms with Gasteiger partial charge in [0.15, 0.2) is 0 Å². The van der Waals surface area contributed by atoms with Gasteiger partial charge in [0.2, 0.25) is 0 Å². The summed E-state index contributed by atoms with van der Waals surface area (Å²) in [5.41, 5.74) is 1.26. The predicted molar refractivity (Wildman–Crippen MR) is 82.2 cm³/mol. The molecule has 1 saturated carbocycles. The quantitative estimate of drug-likeness (QED) is 0.735. The summed E-state index contributed by atoms with van der Waals surface area (Å²) in [6, 6.07) is 8.72. The van der Waals surface area contributed by atoms with Crippen LogP contribution in [0.5, 0.6) is 5.75 Å². The third-order valence-electron chi connectivity index (χ3n) is 3.96. The Morgan fingerprint density at radius 1 is 1.25 bits per heavy atom. The van der Waals surface area contributed by atoms with Crippen LogP contribution in [0.25, 0.3) is 0 Å². The number of nitrogens with one attached hydrogen (secondary N) is 1. The van der Waals surface area contributed by atoms with Crippen LogP contribution in [-0.4, -0.2) is 26.4 Å². The maximum atomic E-state index is 6.19. The van der Waals surface area contributed by atoms with Gasteiger partial charge in [0.05, 0.1) is 6.10 Å². The number of hydrogen-bond donors (Lipinski definition) is 1. The van der Waals surface area contributed by atoms with Crippen molar-refractivity contribution in [2.45, 2.75) is 51.2 Å². The Balaban J connectivity index is 1.91. The second-order valence-corrected chi connectivity index (χ2v) is 5.58. The van der Waals surface area contributed by atoms with E-state index in [1.807, 2.05) is 0 Å². The molecule has 3 heteroatoms. The highest BCUT2D eigenvalue weighted by Gasteiger charge is 2.19. The van der Waals surface area contributed by atoms with Gasteiger partial charge in [0, 0.05) is 25.3 Å². The molecule has 20 heavy (non-hydrogen) atoms. The van der Waals surface area contributed by atoms with E-state index in [2.05, 4.69) is 36.5 Å². The Bertz CT molecular complexity index is 388. The molecule has 1 aliphatic carbocycles. The van der Waals surface area contributed by atoms with Gasteiger partial charge >= 0.3 is 0 Å². The fourth-order valence-electron chi connectivity index (χ4n) is 2.78. The summed E-state index contributed by atoms with van der Waals surface area (Å²) in [5.74, 6) is 1.05. The van der Waals surface area contributed by atoms with Gasteiger partial charge in [-0.1, -0.05) is 18.2 Å². The summed E-state index contributed by atoms with van der Waals surface area (Å²) in [6.45, 7) is 3.97. The lowest BCUT2D eigenvalue weighted by atomic mass is 10.1. The summed E-state index contributed by atoms with van der Waals surface area (Å²) < 4.78 is 11.3. The second-order valence-electron chi connectivity index (χ2n) is 5.58. The molecule has 0 bridgehead atoms. The van der Waals surface area contributed by atoms with E-state index in [0.29, 0.717) is 12.1 Å². The highest BCUT2D eigenvalue weighted by atomic mass is 16.5. The van der Waals surface area contributed by atoms with Gasteiger partial charge in [-0.2, -0.15) is 0 Å². The Kier molecular flexibility index (Phi) is 6.34. The van der Waals surface area contributed by atoms with Crippen LogP contribution in [0.2, 0.25) is 0 Å². The molecule has 2 rings (SSSR count). The zero-order valence-electron chi connectivity index (χ0n) is 12.7. The molecule has 1 aromatic carbocycles. The molecule has 0 spiro atoms. The zero-order valence-corrected chi connectivity index (χ0v) is 12.7. The molecule has 0 saturated heterocycles. The van der Waals surface area contributed by atoms with E-state index in [1.54, 1.807) is 7.11 Å². The number of benzene rings is 1. The summed E-state index contributed by atoms with van der Waals surface area (Å²) in [6.07, 6.45) is 6.45. The lowest BCUT2D eigenvalue weighted by molar-refractivity contribution is 0.192. The van der Waals surface area contributed by atoms with Crippen LogP contribution in [0.4, 0.5) is 0 Å². The van der Waals surface area contributed by atoms with Crippen LogP contribution < -0.4 is 10.1 Å². The van der Waals surface area contributed by atoms with Crippen molar-refractivity contribution in [2.75, 3.05) is 20.3 Å². The topological polar surface area (TPSA) is 30.5 Å². The molecule has 0 aliphatic heterocycles. The van der Waals surface area contributed by atoms with Crippen LogP contribution in [0.15, 0.2) is 24.3 Å². The number of ether oxygens (including phenoxy) is 2. The third-order valence-corrected chi connectivity index (χ3v) is 3.96. The highest BCUT2D eigenvalue weighted by Crippen LogP contribution is 2.29. The van der Waals surface area contributed by atoms with Gasteiger partial charge in [-0.25, -0.2) is 0 Å². The molecule has 1 aromatic rings. The first kappa shape index (κ1) is 15.3. The number of rotatable bonds is 8. The average molecular weight is 277 g/mol. The van der Waals surface area contributed by atoms with E-state index in [0.717, 1.165) is 25.3 Å². The van der Waals surface area contributed by atoms with E-state index in [-0.39, 0.29) is 0 Å². The molecule has 0 unspecified atom stereocenters. The van der Waals surface area contributed by atoms with Crippen molar-refractivity contribution < 1.29 is 9.47 Å². The molecule has 0 aromatic heterocycles. The van der Waals surface area contributed by atoms with Crippen molar-refractivity contribution in [1.82, 2.24) is 5.32 Å². The summed E-state index contributed by atoms with van der Waals surface area (Å²) in [7, 11) is 1.74. The molecule has 1 N–H and O–H groups in total. The molecule has 0 amide bonds. The Morgan fingerprint density at radius 3 is 2.75 bits per heavy atom. The van der Waals surface area contributed by atoms with Crippen molar-refractivity contribution in [3.05, 3.63) is 29.8 Å². The predicted octanol–water partition coefficient (Wildman–Crippen LogP) is 3.70. The molecule has 0 heterocycles. The van der Waals surface area contributed by atoms with Crippen molar-refractivity contribution in [1.29, 1.82) is 0 Å².